The number of rotatable bonds is 4. The molecule has 0 spiro atoms. The predicted molar refractivity (Wildman–Crippen MR) is 91.3 cm³/mol. The monoisotopic (exact) mass is 333 g/mol. The molecular weight excluding hydrogens is 310 g/mol. The average Bonchev–Trinajstić information content (AvgIpc) is 2.49. The molecule has 0 radical (unpaired) electrons. The summed E-state index contributed by atoms with van der Waals surface area (Å²) in [6, 6.07) is 7.82. The Kier molecular flexibility index (Phi) is 5.05. The van der Waals surface area contributed by atoms with Gasteiger partial charge in [0.1, 0.15) is 5.78 Å². The van der Waals surface area contributed by atoms with Crippen molar-refractivity contribution < 1.29 is 9.59 Å². The molecule has 23 heavy (non-hydrogen) atoms. The summed E-state index contributed by atoms with van der Waals surface area (Å²) in [6.07, 6.45) is 5.37. The van der Waals surface area contributed by atoms with Crippen LogP contribution in [-0.4, -0.2) is 17.7 Å². The highest BCUT2D eigenvalue weighted by Crippen LogP contribution is 2.40. The van der Waals surface area contributed by atoms with Crippen LogP contribution >= 0.6 is 11.6 Å². The van der Waals surface area contributed by atoms with Crippen molar-refractivity contribution in [2.45, 2.75) is 51.5 Å². The minimum Gasteiger partial charge on any atom is -0.353 e. The van der Waals surface area contributed by atoms with E-state index < -0.39 is 0 Å². The standard InChI is InChI=1S/C19H24ClNO2/c1-12(9-13-5-7-17(20)8-6-13)21-19(23)16-10-14-3-2-4-15(11-16)18(14)22/h5-8,12,14-16H,2-4,9-11H2,1H3,(H,21,23)/t12-,14-,15+,16?/m0/s1. The number of halogens is 1. The van der Waals surface area contributed by atoms with Crippen LogP contribution in [0.1, 0.15) is 44.6 Å². The van der Waals surface area contributed by atoms with Gasteiger partial charge in [0.25, 0.3) is 0 Å². The van der Waals surface area contributed by atoms with Crippen molar-refractivity contribution >= 4 is 23.3 Å². The lowest BCUT2D eigenvalue weighted by molar-refractivity contribution is -0.137. The largest absolute Gasteiger partial charge is 0.353 e. The molecule has 3 nitrogen and oxygen atoms in total. The minimum atomic E-state index is 0.00988. The van der Waals surface area contributed by atoms with Crippen molar-refractivity contribution in [3.05, 3.63) is 34.9 Å². The lowest BCUT2D eigenvalue weighted by Crippen LogP contribution is -2.45. The third-order valence-corrected chi connectivity index (χ3v) is 5.51. The van der Waals surface area contributed by atoms with Crippen LogP contribution in [0, 0.1) is 17.8 Å². The van der Waals surface area contributed by atoms with Crippen molar-refractivity contribution in [2.24, 2.45) is 17.8 Å². The summed E-state index contributed by atoms with van der Waals surface area (Å²) in [5.74, 6) is 0.802. The molecule has 0 heterocycles. The maximum atomic E-state index is 12.5. The Morgan fingerprint density at radius 3 is 2.43 bits per heavy atom. The van der Waals surface area contributed by atoms with Crippen LogP contribution in [0.2, 0.25) is 5.02 Å². The number of carbonyl (C=O) groups excluding carboxylic acids is 2. The number of Topliss-reactive ketones (excluding diaryl/α,β-unsaturated/α-hetero) is 1. The van der Waals surface area contributed by atoms with Crippen LogP contribution in [0.3, 0.4) is 0 Å². The van der Waals surface area contributed by atoms with E-state index in [0.29, 0.717) is 5.78 Å². The number of benzene rings is 1. The number of hydrogen-bond acceptors (Lipinski definition) is 2. The van der Waals surface area contributed by atoms with Gasteiger partial charge in [-0.15, -0.1) is 0 Å². The van der Waals surface area contributed by atoms with Gasteiger partial charge in [-0.2, -0.15) is 0 Å². The van der Waals surface area contributed by atoms with E-state index in [0.717, 1.165) is 49.1 Å². The molecule has 1 aromatic carbocycles. The summed E-state index contributed by atoms with van der Waals surface area (Å²) in [4.78, 5) is 24.7. The van der Waals surface area contributed by atoms with Gasteiger partial charge in [0, 0.05) is 28.8 Å². The number of amides is 1. The second-order valence-electron chi connectivity index (χ2n) is 7.14. The number of fused-ring (bicyclic) bond motifs is 2. The molecule has 4 heteroatoms. The Hall–Kier alpha value is -1.35. The topological polar surface area (TPSA) is 46.2 Å². The first-order valence-corrected chi connectivity index (χ1v) is 8.99. The van der Waals surface area contributed by atoms with Gasteiger partial charge in [-0.3, -0.25) is 9.59 Å². The van der Waals surface area contributed by atoms with Crippen LogP contribution < -0.4 is 5.32 Å². The summed E-state index contributed by atoms with van der Waals surface area (Å²) in [5.41, 5.74) is 1.16. The first kappa shape index (κ1) is 16.5. The van der Waals surface area contributed by atoms with E-state index in [-0.39, 0.29) is 29.7 Å². The van der Waals surface area contributed by atoms with Crippen molar-refractivity contribution in [3.63, 3.8) is 0 Å². The van der Waals surface area contributed by atoms with Crippen molar-refractivity contribution in [3.8, 4) is 0 Å². The highest BCUT2D eigenvalue weighted by atomic mass is 35.5. The maximum Gasteiger partial charge on any atom is 0.223 e. The molecule has 1 aromatic rings. The lowest BCUT2D eigenvalue weighted by atomic mass is 9.67. The summed E-state index contributed by atoms with van der Waals surface area (Å²) >= 11 is 5.90. The number of nitrogens with one attached hydrogen (secondary N) is 1. The molecule has 0 saturated heterocycles. The smallest absolute Gasteiger partial charge is 0.223 e. The molecule has 124 valence electrons. The Morgan fingerprint density at radius 2 is 1.83 bits per heavy atom. The third-order valence-electron chi connectivity index (χ3n) is 5.26. The molecule has 2 saturated carbocycles. The number of hydrogen-bond donors (Lipinski definition) is 1. The first-order chi connectivity index (χ1) is 11.0. The Morgan fingerprint density at radius 1 is 1.22 bits per heavy atom. The highest BCUT2D eigenvalue weighted by Gasteiger charge is 2.41. The average molecular weight is 334 g/mol. The van der Waals surface area contributed by atoms with Crippen LogP contribution in [0.15, 0.2) is 24.3 Å². The zero-order chi connectivity index (χ0) is 16.4. The molecule has 1 N–H and O–H groups in total. The number of ketones is 1. The fourth-order valence-corrected chi connectivity index (χ4v) is 4.21. The molecule has 0 aliphatic heterocycles. The first-order valence-electron chi connectivity index (χ1n) is 8.61. The molecule has 2 aliphatic carbocycles. The Labute approximate surface area is 142 Å². The summed E-state index contributed by atoms with van der Waals surface area (Å²) in [7, 11) is 0. The highest BCUT2D eigenvalue weighted by molar-refractivity contribution is 6.30. The van der Waals surface area contributed by atoms with E-state index in [4.69, 9.17) is 11.6 Å². The van der Waals surface area contributed by atoms with Gasteiger partial charge in [0.2, 0.25) is 5.91 Å². The van der Waals surface area contributed by atoms with Gasteiger partial charge in [0.15, 0.2) is 0 Å². The van der Waals surface area contributed by atoms with Crippen LogP contribution in [0.4, 0.5) is 0 Å². The van der Waals surface area contributed by atoms with E-state index in [9.17, 15) is 9.59 Å². The second kappa shape index (κ2) is 7.04. The number of carbonyl (C=O) groups is 2. The quantitative estimate of drug-likeness (QED) is 0.911. The zero-order valence-electron chi connectivity index (χ0n) is 13.6. The van der Waals surface area contributed by atoms with E-state index in [1.165, 1.54) is 0 Å². The minimum absolute atomic E-state index is 0.00988. The van der Waals surface area contributed by atoms with E-state index in [1.54, 1.807) is 0 Å². The molecular formula is C19H24ClNO2. The maximum absolute atomic E-state index is 12.5. The summed E-state index contributed by atoms with van der Waals surface area (Å²) in [6.45, 7) is 2.03. The summed E-state index contributed by atoms with van der Waals surface area (Å²) < 4.78 is 0. The second-order valence-corrected chi connectivity index (χ2v) is 7.57. The van der Waals surface area contributed by atoms with Crippen LogP contribution in [0.5, 0.6) is 0 Å². The molecule has 2 bridgehead atoms. The predicted octanol–water partition coefficient (Wildman–Crippen LogP) is 3.78. The fraction of sp³-hybridized carbons (Fsp3) is 0.579. The van der Waals surface area contributed by atoms with E-state index >= 15 is 0 Å². The molecule has 1 amide bonds. The Bertz CT molecular complexity index is 568. The van der Waals surface area contributed by atoms with Crippen molar-refractivity contribution in [2.75, 3.05) is 0 Å². The van der Waals surface area contributed by atoms with Gasteiger partial charge in [-0.1, -0.05) is 30.2 Å². The van der Waals surface area contributed by atoms with Gasteiger partial charge >= 0.3 is 0 Å². The van der Waals surface area contributed by atoms with Gasteiger partial charge < -0.3 is 5.32 Å². The molecule has 1 unspecified atom stereocenters. The van der Waals surface area contributed by atoms with Gasteiger partial charge in [-0.25, -0.2) is 0 Å². The molecule has 0 aromatic heterocycles. The summed E-state index contributed by atoms with van der Waals surface area (Å²) in [5, 5.41) is 3.86. The van der Waals surface area contributed by atoms with Crippen molar-refractivity contribution in [1.82, 2.24) is 5.32 Å². The van der Waals surface area contributed by atoms with Gasteiger partial charge in [0.05, 0.1) is 0 Å². The Balaban J connectivity index is 1.54. The van der Waals surface area contributed by atoms with Crippen LogP contribution in [-0.2, 0) is 16.0 Å². The van der Waals surface area contributed by atoms with E-state index in [2.05, 4.69) is 5.32 Å². The molecule has 2 aliphatic rings. The molecule has 4 atom stereocenters. The lowest BCUT2D eigenvalue weighted by Gasteiger charge is -2.37. The van der Waals surface area contributed by atoms with Gasteiger partial charge in [-0.05, 0) is 56.7 Å². The SMILES string of the molecule is C[C@@H](Cc1ccc(Cl)cc1)NC(=O)C1C[C@H]2CCC[C@@H](C1)C2=O. The fourth-order valence-electron chi connectivity index (χ4n) is 4.08. The van der Waals surface area contributed by atoms with Crippen LogP contribution in [0.25, 0.3) is 0 Å². The zero-order valence-corrected chi connectivity index (χ0v) is 14.3. The molecule has 2 fully saturated rings. The third kappa shape index (κ3) is 3.95. The van der Waals surface area contributed by atoms with E-state index in [1.807, 2.05) is 31.2 Å². The van der Waals surface area contributed by atoms with Crippen molar-refractivity contribution in [1.29, 1.82) is 0 Å². The molecule has 3 rings (SSSR count). The normalized spacial score (nSPS) is 28.3.